The van der Waals surface area contributed by atoms with E-state index < -0.39 is 23.5 Å². The quantitative estimate of drug-likeness (QED) is 0.558. The van der Waals surface area contributed by atoms with Gasteiger partial charge in [0.25, 0.3) is 0 Å². The Morgan fingerprint density at radius 1 is 0.815 bits per heavy atom. The summed E-state index contributed by atoms with van der Waals surface area (Å²) >= 11 is 0. The summed E-state index contributed by atoms with van der Waals surface area (Å²) in [5.74, 6) is 0.332. The summed E-state index contributed by atoms with van der Waals surface area (Å²) in [6, 6.07) is 8.40. The predicted molar refractivity (Wildman–Crippen MR) is 89.0 cm³/mol. The molecule has 2 aromatic carbocycles. The van der Waals surface area contributed by atoms with Crippen LogP contribution in [0.1, 0.15) is 11.1 Å². The lowest BCUT2D eigenvalue weighted by Crippen LogP contribution is -2.11. The molecule has 0 saturated carbocycles. The second-order valence-corrected chi connectivity index (χ2v) is 5.77. The first-order valence-electron chi connectivity index (χ1n) is 7.71. The number of anilines is 1. The fourth-order valence-electron chi connectivity index (χ4n) is 2.52. The molecule has 0 fully saturated rings. The number of hydrogen-bond acceptors (Lipinski definition) is 2. The van der Waals surface area contributed by atoms with Gasteiger partial charge in [0.2, 0.25) is 0 Å². The van der Waals surface area contributed by atoms with Crippen LogP contribution in [0.3, 0.4) is 0 Å². The number of aromatic nitrogens is 2. The van der Waals surface area contributed by atoms with Crippen molar-refractivity contribution in [3.63, 3.8) is 0 Å². The normalized spacial score (nSPS) is 12.3. The van der Waals surface area contributed by atoms with E-state index >= 15 is 0 Å². The van der Waals surface area contributed by atoms with E-state index in [2.05, 4.69) is 15.3 Å². The smallest absolute Gasteiger partial charge is 0.388 e. The number of halogens is 6. The molecule has 0 atom stereocenters. The van der Waals surface area contributed by atoms with E-state index in [1.54, 1.807) is 31.3 Å². The van der Waals surface area contributed by atoms with Gasteiger partial charge in [0.1, 0.15) is 5.82 Å². The lowest BCUT2D eigenvalue weighted by atomic mass is 10.0. The van der Waals surface area contributed by atoms with Crippen LogP contribution in [0.25, 0.3) is 22.6 Å². The van der Waals surface area contributed by atoms with Crippen LogP contribution in [0, 0.1) is 0 Å². The van der Waals surface area contributed by atoms with Crippen molar-refractivity contribution in [3.05, 3.63) is 59.8 Å². The van der Waals surface area contributed by atoms with Gasteiger partial charge in [-0.3, -0.25) is 0 Å². The first kappa shape index (κ1) is 18.8. The number of rotatable bonds is 3. The van der Waals surface area contributed by atoms with Crippen LogP contribution < -0.4 is 5.32 Å². The van der Waals surface area contributed by atoms with Crippen LogP contribution in [0.15, 0.2) is 48.7 Å². The van der Waals surface area contributed by atoms with Crippen molar-refractivity contribution in [1.82, 2.24) is 9.97 Å². The summed E-state index contributed by atoms with van der Waals surface area (Å²) in [6.45, 7) is 0. The summed E-state index contributed by atoms with van der Waals surface area (Å²) < 4.78 is 78.0. The summed E-state index contributed by atoms with van der Waals surface area (Å²) in [4.78, 5) is 6.84. The number of benzene rings is 2. The average molecular weight is 385 g/mol. The number of nitrogens with zero attached hydrogens (tertiary/aromatic N) is 1. The molecule has 3 aromatic rings. The van der Waals surface area contributed by atoms with Crippen molar-refractivity contribution in [2.75, 3.05) is 12.4 Å². The monoisotopic (exact) mass is 385 g/mol. The molecule has 3 rings (SSSR count). The van der Waals surface area contributed by atoms with Gasteiger partial charge in [-0.05, 0) is 42.5 Å². The van der Waals surface area contributed by atoms with Crippen molar-refractivity contribution in [1.29, 1.82) is 0 Å². The molecule has 0 spiro atoms. The zero-order valence-electron chi connectivity index (χ0n) is 13.8. The Morgan fingerprint density at radius 2 is 1.37 bits per heavy atom. The molecule has 1 aromatic heterocycles. The van der Waals surface area contributed by atoms with E-state index in [1.807, 2.05) is 0 Å². The largest absolute Gasteiger partial charge is 0.416 e. The molecule has 0 aliphatic carbocycles. The molecule has 0 bridgehead atoms. The van der Waals surface area contributed by atoms with Gasteiger partial charge < -0.3 is 10.3 Å². The van der Waals surface area contributed by atoms with Crippen LogP contribution >= 0.6 is 0 Å². The molecular weight excluding hydrogens is 372 g/mol. The van der Waals surface area contributed by atoms with E-state index in [0.29, 0.717) is 23.5 Å². The summed E-state index contributed by atoms with van der Waals surface area (Å²) in [7, 11) is 1.74. The second-order valence-electron chi connectivity index (χ2n) is 5.77. The standard InChI is InChI=1S/C18H13F6N3/c1-25-14-4-2-10(3-5-14)16-26-9-15(27-16)11-6-12(17(19,20)21)8-13(7-11)18(22,23)24/h2-9,25H,1H3,(H,26,27). The van der Waals surface area contributed by atoms with E-state index in [4.69, 9.17) is 0 Å². The first-order valence-corrected chi connectivity index (χ1v) is 7.71. The van der Waals surface area contributed by atoms with Crippen LogP contribution in [0.5, 0.6) is 0 Å². The maximum Gasteiger partial charge on any atom is 0.416 e. The highest BCUT2D eigenvalue weighted by Crippen LogP contribution is 2.38. The fourth-order valence-corrected chi connectivity index (χ4v) is 2.52. The molecule has 27 heavy (non-hydrogen) atoms. The second kappa shape index (κ2) is 6.64. The zero-order valence-corrected chi connectivity index (χ0v) is 13.8. The van der Waals surface area contributed by atoms with E-state index in [0.717, 1.165) is 5.69 Å². The van der Waals surface area contributed by atoms with Gasteiger partial charge in [-0.25, -0.2) is 4.98 Å². The molecular formula is C18H13F6N3. The molecule has 0 unspecified atom stereocenters. The number of nitrogens with one attached hydrogen (secondary N) is 2. The van der Waals surface area contributed by atoms with Crippen LogP contribution in [0.2, 0.25) is 0 Å². The third kappa shape index (κ3) is 4.07. The maximum absolute atomic E-state index is 13.0. The Hall–Kier alpha value is -2.97. The van der Waals surface area contributed by atoms with Gasteiger partial charge in [0, 0.05) is 23.9 Å². The minimum absolute atomic E-state index is 0.0549. The highest BCUT2D eigenvalue weighted by Gasteiger charge is 2.37. The van der Waals surface area contributed by atoms with Crippen LogP contribution in [0.4, 0.5) is 32.0 Å². The first-order chi connectivity index (χ1) is 12.6. The fraction of sp³-hybridized carbons (Fsp3) is 0.167. The molecule has 0 saturated heterocycles. The van der Waals surface area contributed by atoms with Gasteiger partial charge in [-0.2, -0.15) is 26.3 Å². The third-order valence-electron chi connectivity index (χ3n) is 3.92. The lowest BCUT2D eigenvalue weighted by Gasteiger charge is -2.13. The molecule has 0 aliphatic rings. The van der Waals surface area contributed by atoms with Gasteiger partial charge in [0.05, 0.1) is 23.0 Å². The number of imidazole rings is 1. The molecule has 142 valence electrons. The van der Waals surface area contributed by atoms with Crippen molar-refractivity contribution in [2.24, 2.45) is 0 Å². The number of alkyl halides is 6. The Morgan fingerprint density at radius 3 is 1.85 bits per heavy atom. The SMILES string of the molecule is CNc1ccc(-c2ncc(-c3cc(C(F)(F)F)cc(C(F)(F)F)c3)[nH]2)cc1. The molecule has 0 radical (unpaired) electrons. The molecule has 2 N–H and O–H groups in total. The molecule has 0 amide bonds. The van der Waals surface area contributed by atoms with Crippen LogP contribution in [-0.2, 0) is 12.4 Å². The predicted octanol–water partition coefficient (Wildman–Crippen LogP) is 5.82. The minimum Gasteiger partial charge on any atom is -0.388 e. The van der Waals surface area contributed by atoms with Crippen molar-refractivity contribution in [3.8, 4) is 22.6 Å². The van der Waals surface area contributed by atoms with E-state index in [9.17, 15) is 26.3 Å². The maximum atomic E-state index is 13.0. The summed E-state index contributed by atoms with van der Waals surface area (Å²) in [6.07, 6.45) is -8.60. The van der Waals surface area contributed by atoms with Crippen LogP contribution in [-0.4, -0.2) is 17.0 Å². The zero-order chi connectivity index (χ0) is 19.8. The minimum atomic E-state index is -4.90. The van der Waals surface area contributed by atoms with Gasteiger partial charge >= 0.3 is 12.4 Å². The van der Waals surface area contributed by atoms with Crippen molar-refractivity contribution in [2.45, 2.75) is 12.4 Å². The molecule has 1 heterocycles. The highest BCUT2D eigenvalue weighted by molar-refractivity contribution is 5.67. The highest BCUT2D eigenvalue weighted by atomic mass is 19.4. The lowest BCUT2D eigenvalue weighted by molar-refractivity contribution is -0.143. The van der Waals surface area contributed by atoms with E-state index in [-0.39, 0.29) is 17.3 Å². The third-order valence-corrected chi connectivity index (χ3v) is 3.92. The summed E-state index contributed by atoms with van der Waals surface area (Å²) in [5.41, 5.74) is -1.45. The summed E-state index contributed by atoms with van der Waals surface area (Å²) in [5, 5.41) is 2.93. The van der Waals surface area contributed by atoms with Gasteiger partial charge in [-0.1, -0.05) is 0 Å². The van der Waals surface area contributed by atoms with Crippen molar-refractivity contribution >= 4 is 5.69 Å². The molecule has 9 heteroatoms. The Labute approximate surface area is 150 Å². The van der Waals surface area contributed by atoms with E-state index in [1.165, 1.54) is 6.20 Å². The Kier molecular flexibility index (Phi) is 4.63. The average Bonchev–Trinajstić information content (AvgIpc) is 3.10. The number of aromatic amines is 1. The Bertz CT molecular complexity index is 907. The molecule has 3 nitrogen and oxygen atoms in total. The van der Waals surface area contributed by atoms with Gasteiger partial charge in [0.15, 0.2) is 0 Å². The Balaban J connectivity index is 2.04. The van der Waals surface area contributed by atoms with Gasteiger partial charge in [-0.15, -0.1) is 0 Å². The number of hydrogen-bond donors (Lipinski definition) is 2. The topological polar surface area (TPSA) is 40.7 Å². The van der Waals surface area contributed by atoms with Crippen molar-refractivity contribution < 1.29 is 26.3 Å². The number of H-pyrrole nitrogens is 1. The molecule has 0 aliphatic heterocycles.